The number of hydrogen-bond donors (Lipinski definition) is 2. The number of amides is 1. The molecule has 0 aromatic heterocycles. The molecule has 86 valence electrons. The zero-order valence-corrected chi connectivity index (χ0v) is 10.8. The summed E-state index contributed by atoms with van der Waals surface area (Å²) in [6.07, 6.45) is 2.14. The molecule has 1 aliphatic rings. The molecule has 1 saturated carbocycles. The van der Waals surface area contributed by atoms with Gasteiger partial charge >= 0.3 is 0 Å². The van der Waals surface area contributed by atoms with E-state index in [1.807, 2.05) is 24.3 Å². The maximum Gasteiger partial charge on any atom is 0.244 e. The summed E-state index contributed by atoms with van der Waals surface area (Å²) < 4.78 is 0.981. The molecular weight excluding hydrogens is 268 g/mol. The normalized spacial score (nSPS) is 18.9. The lowest BCUT2D eigenvalue weighted by Gasteiger charge is -2.24. The molecule has 1 aliphatic carbocycles. The third kappa shape index (κ3) is 2.44. The summed E-state index contributed by atoms with van der Waals surface area (Å²) in [5.41, 5.74) is 5.95. The van der Waals surface area contributed by atoms with Crippen LogP contribution in [-0.2, 0) is 10.3 Å². The van der Waals surface area contributed by atoms with Gasteiger partial charge < -0.3 is 11.1 Å². The van der Waals surface area contributed by atoms with E-state index in [4.69, 9.17) is 5.73 Å². The van der Waals surface area contributed by atoms with Crippen LogP contribution in [0.5, 0.6) is 0 Å². The second kappa shape index (κ2) is 4.18. The van der Waals surface area contributed by atoms with E-state index in [1.54, 1.807) is 6.92 Å². The van der Waals surface area contributed by atoms with E-state index >= 15 is 0 Å². The molecule has 0 saturated heterocycles. The fourth-order valence-electron chi connectivity index (χ4n) is 1.49. The molecule has 0 heterocycles. The summed E-state index contributed by atoms with van der Waals surface area (Å²) in [4.78, 5) is 12.0. The van der Waals surface area contributed by atoms with Crippen molar-refractivity contribution in [1.29, 1.82) is 0 Å². The second-order valence-corrected chi connectivity index (χ2v) is 5.37. The molecule has 1 unspecified atom stereocenters. The Morgan fingerprint density at radius 1 is 1.44 bits per heavy atom. The lowest BCUT2D eigenvalue weighted by atomic mass is 9.92. The van der Waals surface area contributed by atoms with Crippen molar-refractivity contribution in [3.63, 3.8) is 0 Å². The van der Waals surface area contributed by atoms with Gasteiger partial charge in [-0.25, -0.2) is 0 Å². The number of nitrogens with one attached hydrogen (secondary N) is 1. The Hall–Kier alpha value is -0.870. The van der Waals surface area contributed by atoms with E-state index in [2.05, 4.69) is 21.2 Å². The van der Waals surface area contributed by atoms with Gasteiger partial charge in [0.15, 0.2) is 0 Å². The number of carbonyl (C=O) groups is 1. The minimum Gasteiger partial charge on any atom is -0.351 e. The van der Waals surface area contributed by atoms with Crippen molar-refractivity contribution in [1.82, 2.24) is 5.32 Å². The smallest absolute Gasteiger partial charge is 0.244 e. The predicted octanol–water partition coefficient (Wildman–Crippen LogP) is 1.90. The third-order valence-electron chi connectivity index (χ3n) is 2.83. The van der Waals surface area contributed by atoms with Crippen LogP contribution in [0.25, 0.3) is 0 Å². The molecule has 1 amide bonds. The highest BCUT2D eigenvalue weighted by atomic mass is 79.9. The van der Waals surface area contributed by atoms with E-state index in [9.17, 15) is 4.79 Å². The largest absolute Gasteiger partial charge is 0.351 e. The van der Waals surface area contributed by atoms with E-state index in [-0.39, 0.29) is 5.91 Å². The van der Waals surface area contributed by atoms with Crippen molar-refractivity contribution in [2.24, 2.45) is 5.73 Å². The average molecular weight is 283 g/mol. The molecule has 3 N–H and O–H groups in total. The van der Waals surface area contributed by atoms with Crippen molar-refractivity contribution >= 4 is 21.8 Å². The maximum atomic E-state index is 12.0. The van der Waals surface area contributed by atoms with Gasteiger partial charge in [0.05, 0.1) is 0 Å². The summed E-state index contributed by atoms with van der Waals surface area (Å²) in [6, 6.07) is 7.87. The molecule has 3 nitrogen and oxygen atoms in total. The first-order valence-corrected chi connectivity index (χ1v) is 6.15. The van der Waals surface area contributed by atoms with Gasteiger partial charge in [0.25, 0.3) is 0 Å². The van der Waals surface area contributed by atoms with Gasteiger partial charge in [0.1, 0.15) is 5.54 Å². The molecule has 16 heavy (non-hydrogen) atoms. The van der Waals surface area contributed by atoms with Crippen LogP contribution >= 0.6 is 15.9 Å². The predicted molar refractivity (Wildman–Crippen MR) is 66.8 cm³/mol. The molecule has 1 atom stereocenters. The molecule has 0 aliphatic heterocycles. The molecular formula is C12H15BrN2O. The highest BCUT2D eigenvalue weighted by Crippen LogP contribution is 2.24. The summed E-state index contributed by atoms with van der Waals surface area (Å²) in [6.45, 7) is 1.74. The zero-order chi connectivity index (χ0) is 11.8. The number of carbonyl (C=O) groups excluding carboxylic acids is 1. The Balaban J connectivity index is 2.15. The van der Waals surface area contributed by atoms with Crippen LogP contribution in [-0.4, -0.2) is 11.9 Å². The Bertz CT molecular complexity index is 396. The van der Waals surface area contributed by atoms with Gasteiger partial charge in [0.2, 0.25) is 5.91 Å². The topological polar surface area (TPSA) is 55.1 Å². The highest BCUT2D eigenvalue weighted by molar-refractivity contribution is 9.10. The molecule has 1 aromatic carbocycles. The molecule has 0 bridgehead atoms. The van der Waals surface area contributed by atoms with Crippen molar-refractivity contribution in [3.05, 3.63) is 34.3 Å². The molecule has 1 fully saturated rings. The fraction of sp³-hybridized carbons (Fsp3) is 0.417. The number of benzene rings is 1. The third-order valence-corrected chi connectivity index (χ3v) is 3.36. The van der Waals surface area contributed by atoms with Gasteiger partial charge in [-0.05, 0) is 37.5 Å². The van der Waals surface area contributed by atoms with Crippen LogP contribution in [0, 0.1) is 0 Å². The molecule has 0 radical (unpaired) electrons. The van der Waals surface area contributed by atoms with E-state index in [0.29, 0.717) is 6.04 Å². The summed E-state index contributed by atoms with van der Waals surface area (Å²) in [5, 5.41) is 2.93. The molecule has 2 rings (SSSR count). The SMILES string of the molecule is CC(N)(C(=O)NC1CC1)c1ccc(Br)cc1. The van der Waals surface area contributed by atoms with Gasteiger partial charge in [-0.2, -0.15) is 0 Å². The van der Waals surface area contributed by atoms with E-state index in [0.717, 1.165) is 22.9 Å². The molecule has 1 aromatic rings. The average Bonchev–Trinajstić information content (AvgIpc) is 3.02. The van der Waals surface area contributed by atoms with Gasteiger partial charge in [0, 0.05) is 10.5 Å². The van der Waals surface area contributed by atoms with Crippen LogP contribution < -0.4 is 11.1 Å². The lowest BCUT2D eigenvalue weighted by Crippen LogP contribution is -2.49. The Kier molecular flexibility index (Phi) is 3.04. The minimum absolute atomic E-state index is 0.0997. The molecule has 0 spiro atoms. The van der Waals surface area contributed by atoms with Crippen molar-refractivity contribution in [2.45, 2.75) is 31.3 Å². The van der Waals surface area contributed by atoms with E-state index in [1.165, 1.54) is 0 Å². The zero-order valence-electron chi connectivity index (χ0n) is 9.16. The van der Waals surface area contributed by atoms with Crippen LogP contribution in [0.4, 0.5) is 0 Å². The van der Waals surface area contributed by atoms with E-state index < -0.39 is 5.54 Å². The first-order valence-electron chi connectivity index (χ1n) is 5.36. The second-order valence-electron chi connectivity index (χ2n) is 4.46. The van der Waals surface area contributed by atoms with Crippen LogP contribution in [0.2, 0.25) is 0 Å². The van der Waals surface area contributed by atoms with Gasteiger partial charge in [-0.1, -0.05) is 28.1 Å². The van der Waals surface area contributed by atoms with Crippen molar-refractivity contribution < 1.29 is 4.79 Å². The Labute approximate surface area is 104 Å². The number of hydrogen-bond acceptors (Lipinski definition) is 2. The minimum atomic E-state index is -0.955. The van der Waals surface area contributed by atoms with Crippen LogP contribution in [0.1, 0.15) is 25.3 Å². The standard InChI is InChI=1S/C12H15BrN2O/c1-12(14,11(16)15-10-6-7-10)8-2-4-9(13)5-3-8/h2-5,10H,6-7,14H2,1H3,(H,15,16). The van der Waals surface area contributed by atoms with Crippen LogP contribution in [0.15, 0.2) is 28.7 Å². The Morgan fingerprint density at radius 2 is 2.00 bits per heavy atom. The lowest BCUT2D eigenvalue weighted by molar-refractivity contribution is -0.126. The van der Waals surface area contributed by atoms with Gasteiger partial charge in [-0.3, -0.25) is 4.79 Å². The summed E-state index contributed by atoms with van der Waals surface area (Å²) >= 11 is 3.36. The van der Waals surface area contributed by atoms with Crippen LogP contribution in [0.3, 0.4) is 0 Å². The first kappa shape index (κ1) is 11.6. The summed E-state index contributed by atoms with van der Waals surface area (Å²) in [5.74, 6) is -0.0997. The molecule has 4 heteroatoms. The summed E-state index contributed by atoms with van der Waals surface area (Å²) in [7, 11) is 0. The van der Waals surface area contributed by atoms with Crippen molar-refractivity contribution in [3.8, 4) is 0 Å². The maximum absolute atomic E-state index is 12.0. The Morgan fingerprint density at radius 3 is 2.50 bits per heavy atom. The number of halogens is 1. The monoisotopic (exact) mass is 282 g/mol. The quantitative estimate of drug-likeness (QED) is 0.890. The number of rotatable bonds is 3. The fourth-order valence-corrected chi connectivity index (χ4v) is 1.75. The highest BCUT2D eigenvalue weighted by Gasteiger charge is 2.34. The van der Waals surface area contributed by atoms with Gasteiger partial charge in [-0.15, -0.1) is 0 Å². The van der Waals surface area contributed by atoms with Crippen molar-refractivity contribution in [2.75, 3.05) is 0 Å². The number of nitrogens with two attached hydrogens (primary N) is 1. The first-order chi connectivity index (χ1) is 7.50.